The van der Waals surface area contributed by atoms with Gasteiger partial charge in [-0.05, 0) is 55.9 Å². The van der Waals surface area contributed by atoms with Crippen molar-refractivity contribution >= 4 is 11.8 Å². The summed E-state index contributed by atoms with van der Waals surface area (Å²) in [5.41, 5.74) is 1.26. The van der Waals surface area contributed by atoms with Crippen LogP contribution in [0.5, 0.6) is 5.75 Å². The third kappa shape index (κ3) is 5.24. The van der Waals surface area contributed by atoms with Crippen LogP contribution in [0.25, 0.3) is 0 Å². The second kappa shape index (κ2) is 9.94. The third-order valence-corrected chi connectivity index (χ3v) is 6.38. The molecule has 2 saturated heterocycles. The van der Waals surface area contributed by atoms with E-state index in [1.54, 1.807) is 24.5 Å². The number of hydrogen-bond donors (Lipinski definition) is 0. The van der Waals surface area contributed by atoms with Gasteiger partial charge in [-0.1, -0.05) is 19.1 Å². The summed E-state index contributed by atoms with van der Waals surface area (Å²) in [4.78, 5) is 33.7. The Labute approximate surface area is 184 Å². The Morgan fingerprint density at radius 2 is 1.81 bits per heavy atom. The summed E-state index contributed by atoms with van der Waals surface area (Å²) in [5.74, 6) is 1.64. The minimum Gasteiger partial charge on any atom is -0.492 e. The molecule has 2 aromatic rings. The van der Waals surface area contributed by atoms with Crippen molar-refractivity contribution in [2.45, 2.75) is 32.6 Å². The Morgan fingerprint density at radius 1 is 1.00 bits per heavy atom. The highest BCUT2D eigenvalue weighted by atomic mass is 16.5. The third-order valence-electron chi connectivity index (χ3n) is 6.38. The van der Waals surface area contributed by atoms with Crippen LogP contribution in [0.1, 0.15) is 53.3 Å². The van der Waals surface area contributed by atoms with Gasteiger partial charge >= 0.3 is 0 Å². The maximum Gasteiger partial charge on any atom is 0.257 e. The summed E-state index contributed by atoms with van der Waals surface area (Å²) < 4.78 is 6.15. The molecule has 2 aliphatic heterocycles. The number of nitrogens with zero attached hydrogens (tertiary/aromatic N) is 3. The first-order valence-corrected chi connectivity index (χ1v) is 11.3. The number of carbonyl (C=O) groups is 2. The molecule has 0 aliphatic carbocycles. The minimum absolute atomic E-state index is 0.0210. The molecule has 0 radical (unpaired) electrons. The average Bonchev–Trinajstić information content (AvgIpc) is 2.83. The van der Waals surface area contributed by atoms with E-state index in [-0.39, 0.29) is 17.7 Å². The molecule has 2 fully saturated rings. The molecule has 2 aliphatic rings. The summed E-state index contributed by atoms with van der Waals surface area (Å²) in [6.45, 7) is 5.77. The Morgan fingerprint density at radius 3 is 2.58 bits per heavy atom. The number of likely N-dealkylation sites (tertiary alicyclic amines) is 2. The molecule has 31 heavy (non-hydrogen) atoms. The summed E-state index contributed by atoms with van der Waals surface area (Å²) in [6.07, 6.45) is 7.36. The maximum atomic E-state index is 13.1. The standard InChI is InChI=1S/C25H31N3O3/c1-19-10-14-27(15-11-19)25(30)22-8-2-3-9-23(22)31-18-20-6-5-13-28(17-20)24(29)21-7-4-12-26-16-21/h2-4,7-9,12,16,19-20H,5-6,10-11,13-15,17-18H2,1H3. The van der Waals surface area contributed by atoms with E-state index in [1.807, 2.05) is 34.1 Å². The van der Waals surface area contributed by atoms with E-state index in [0.717, 1.165) is 45.3 Å². The Balaban J connectivity index is 1.37. The van der Waals surface area contributed by atoms with Crippen molar-refractivity contribution in [2.75, 3.05) is 32.8 Å². The quantitative estimate of drug-likeness (QED) is 0.735. The van der Waals surface area contributed by atoms with E-state index in [0.29, 0.717) is 35.9 Å². The fraction of sp³-hybridized carbons (Fsp3) is 0.480. The predicted molar refractivity (Wildman–Crippen MR) is 119 cm³/mol. The van der Waals surface area contributed by atoms with Crippen LogP contribution in [0.15, 0.2) is 48.8 Å². The number of para-hydroxylation sites is 1. The van der Waals surface area contributed by atoms with E-state index in [9.17, 15) is 9.59 Å². The molecule has 164 valence electrons. The lowest BCUT2D eigenvalue weighted by Crippen LogP contribution is -2.41. The molecule has 6 nitrogen and oxygen atoms in total. The van der Waals surface area contributed by atoms with Gasteiger partial charge in [0.05, 0.1) is 17.7 Å². The van der Waals surface area contributed by atoms with Crippen LogP contribution in [0, 0.1) is 11.8 Å². The van der Waals surface area contributed by atoms with Crippen LogP contribution in [0.3, 0.4) is 0 Å². The van der Waals surface area contributed by atoms with Crippen molar-refractivity contribution in [2.24, 2.45) is 11.8 Å². The zero-order valence-electron chi connectivity index (χ0n) is 18.2. The number of pyridine rings is 1. The van der Waals surface area contributed by atoms with Gasteiger partial charge in [0.1, 0.15) is 5.75 Å². The molecule has 3 heterocycles. The molecule has 0 bridgehead atoms. The van der Waals surface area contributed by atoms with Gasteiger partial charge in [0.15, 0.2) is 0 Å². The first-order chi connectivity index (χ1) is 15.1. The lowest BCUT2D eigenvalue weighted by Gasteiger charge is -2.33. The maximum absolute atomic E-state index is 13.1. The Hall–Kier alpha value is -2.89. The van der Waals surface area contributed by atoms with Gasteiger partial charge in [-0.25, -0.2) is 0 Å². The van der Waals surface area contributed by atoms with E-state index in [4.69, 9.17) is 4.74 Å². The zero-order valence-corrected chi connectivity index (χ0v) is 18.2. The van der Waals surface area contributed by atoms with Crippen molar-refractivity contribution in [1.29, 1.82) is 0 Å². The highest BCUT2D eigenvalue weighted by molar-refractivity contribution is 5.97. The molecule has 0 spiro atoms. The van der Waals surface area contributed by atoms with Gasteiger partial charge in [-0.3, -0.25) is 14.6 Å². The second-order valence-corrected chi connectivity index (χ2v) is 8.78. The molecule has 6 heteroatoms. The highest BCUT2D eigenvalue weighted by Gasteiger charge is 2.27. The van der Waals surface area contributed by atoms with E-state index < -0.39 is 0 Å². The van der Waals surface area contributed by atoms with Gasteiger partial charge in [-0.15, -0.1) is 0 Å². The van der Waals surface area contributed by atoms with E-state index >= 15 is 0 Å². The lowest BCUT2D eigenvalue weighted by molar-refractivity contribution is 0.0630. The van der Waals surface area contributed by atoms with Crippen LogP contribution in [0.4, 0.5) is 0 Å². The zero-order chi connectivity index (χ0) is 21.6. The van der Waals surface area contributed by atoms with Gasteiger partial charge in [0.2, 0.25) is 0 Å². The van der Waals surface area contributed by atoms with Crippen LogP contribution < -0.4 is 4.74 Å². The predicted octanol–water partition coefficient (Wildman–Crippen LogP) is 3.88. The topological polar surface area (TPSA) is 62.7 Å². The number of benzene rings is 1. The Bertz CT molecular complexity index is 894. The summed E-state index contributed by atoms with van der Waals surface area (Å²) in [6, 6.07) is 11.1. The number of carbonyl (C=O) groups excluding carboxylic acids is 2. The molecule has 1 unspecified atom stereocenters. The van der Waals surface area contributed by atoms with Crippen LogP contribution in [-0.4, -0.2) is 59.4 Å². The molecule has 2 amide bonds. The average molecular weight is 422 g/mol. The summed E-state index contributed by atoms with van der Waals surface area (Å²) in [5, 5.41) is 0. The van der Waals surface area contributed by atoms with Crippen LogP contribution in [-0.2, 0) is 0 Å². The molecule has 1 aromatic carbocycles. The molecule has 0 saturated carbocycles. The fourth-order valence-corrected chi connectivity index (χ4v) is 4.42. The van der Waals surface area contributed by atoms with E-state index in [2.05, 4.69) is 11.9 Å². The number of hydrogen-bond acceptors (Lipinski definition) is 4. The first kappa shape index (κ1) is 21.3. The normalized spacial score (nSPS) is 19.8. The lowest BCUT2D eigenvalue weighted by atomic mass is 9.98. The highest BCUT2D eigenvalue weighted by Crippen LogP contribution is 2.25. The van der Waals surface area contributed by atoms with Crippen LogP contribution >= 0.6 is 0 Å². The molecule has 1 atom stereocenters. The number of rotatable bonds is 5. The SMILES string of the molecule is CC1CCN(C(=O)c2ccccc2OCC2CCCN(C(=O)c3cccnc3)C2)CC1. The van der Waals surface area contributed by atoms with Crippen molar-refractivity contribution in [3.63, 3.8) is 0 Å². The Kier molecular flexibility index (Phi) is 6.85. The fourth-order valence-electron chi connectivity index (χ4n) is 4.42. The first-order valence-electron chi connectivity index (χ1n) is 11.3. The second-order valence-electron chi connectivity index (χ2n) is 8.78. The molecular weight excluding hydrogens is 390 g/mol. The van der Waals surface area contributed by atoms with E-state index in [1.165, 1.54) is 0 Å². The monoisotopic (exact) mass is 421 g/mol. The van der Waals surface area contributed by atoms with Crippen molar-refractivity contribution in [3.8, 4) is 5.75 Å². The van der Waals surface area contributed by atoms with Crippen molar-refractivity contribution < 1.29 is 14.3 Å². The summed E-state index contributed by atoms with van der Waals surface area (Å²) >= 11 is 0. The van der Waals surface area contributed by atoms with Gasteiger partial charge in [0.25, 0.3) is 11.8 Å². The minimum atomic E-state index is 0.0210. The largest absolute Gasteiger partial charge is 0.492 e. The molecule has 0 N–H and O–H groups in total. The van der Waals surface area contributed by atoms with Crippen molar-refractivity contribution in [1.82, 2.24) is 14.8 Å². The van der Waals surface area contributed by atoms with Gasteiger partial charge in [-0.2, -0.15) is 0 Å². The molecule has 1 aromatic heterocycles. The number of piperidine rings is 2. The summed E-state index contributed by atoms with van der Waals surface area (Å²) in [7, 11) is 0. The van der Waals surface area contributed by atoms with Gasteiger partial charge in [0, 0.05) is 44.5 Å². The molecule has 4 rings (SSSR count). The van der Waals surface area contributed by atoms with Gasteiger partial charge < -0.3 is 14.5 Å². The number of ether oxygens (including phenoxy) is 1. The number of amides is 2. The van der Waals surface area contributed by atoms with Crippen molar-refractivity contribution in [3.05, 3.63) is 59.9 Å². The van der Waals surface area contributed by atoms with Crippen LogP contribution in [0.2, 0.25) is 0 Å². The molecular formula is C25H31N3O3. The smallest absolute Gasteiger partial charge is 0.257 e. The number of aromatic nitrogens is 1.